The summed E-state index contributed by atoms with van der Waals surface area (Å²) in [6.45, 7) is 2.34. The molecule has 1 amide bonds. The molecule has 0 aliphatic carbocycles. The molecule has 1 saturated heterocycles. The molecule has 0 spiro atoms. The topological polar surface area (TPSA) is 60.5 Å². The van der Waals surface area contributed by atoms with Gasteiger partial charge in [-0.15, -0.1) is 0 Å². The van der Waals surface area contributed by atoms with Gasteiger partial charge in [0.2, 0.25) is 0 Å². The van der Waals surface area contributed by atoms with Gasteiger partial charge in [-0.25, -0.2) is 9.37 Å². The monoisotopic (exact) mass is 383 g/mol. The standard InChI is InChI=1S/C21H22FN3O3/c22-18-3-1-2-4-19(18)27-12-8-16-7-10-25(13-16)21(26)20-6-5-17(28-20)14-24-11-9-23-15-24/h1-6,9,11,15-16H,7-8,10,12-14H2. The number of para-hydroxylation sites is 1. The fourth-order valence-corrected chi connectivity index (χ4v) is 3.44. The highest BCUT2D eigenvalue weighted by atomic mass is 19.1. The first-order valence-electron chi connectivity index (χ1n) is 9.40. The van der Waals surface area contributed by atoms with Crippen LogP contribution in [-0.2, 0) is 6.54 Å². The maximum Gasteiger partial charge on any atom is 0.289 e. The number of furan rings is 1. The zero-order valence-electron chi connectivity index (χ0n) is 15.5. The Balaban J connectivity index is 1.26. The molecule has 1 atom stereocenters. The molecule has 0 saturated carbocycles. The second-order valence-electron chi connectivity index (χ2n) is 6.97. The molecule has 1 unspecified atom stereocenters. The number of carbonyl (C=O) groups excluding carboxylic acids is 1. The lowest BCUT2D eigenvalue weighted by molar-refractivity contribution is 0.0751. The Labute approximate surface area is 162 Å². The molecule has 1 aliphatic rings. The van der Waals surface area contributed by atoms with Crippen LogP contribution in [0.5, 0.6) is 5.75 Å². The molecule has 1 fully saturated rings. The Bertz CT molecular complexity index is 923. The number of aromatic nitrogens is 2. The van der Waals surface area contributed by atoms with E-state index in [-0.39, 0.29) is 17.5 Å². The van der Waals surface area contributed by atoms with Crippen molar-refractivity contribution >= 4 is 5.91 Å². The van der Waals surface area contributed by atoms with Gasteiger partial charge in [0.15, 0.2) is 17.3 Å². The highest BCUT2D eigenvalue weighted by Crippen LogP contribution is 2.23. The summed E-state index contributed by atoms with van der Waals surface area (Å²) in [5, 5.41) is 0. The third-order valence-electron chi connectivity index (χ3n) is 4.96. The van der Waals surface area contributed by atoms with Crippen LogP contribution in [0.1, 0.15) is 29.2 Å². The summed E-state index contributed by atoms with van der Waals surface area (Å²) in [5.41, 5.74) is 0. The summed E-state index contributed by atoms with van der Waals surface area (Å²) in [7, 11) is 0. The van der Waals surface area contributed by atoms with Crippen LogP contribution in [0.25, 0.3) is 0 Å². The maximum atomic E-state index is 13.6. The number of imidazole rings is 1. The summed E-state index contributed by atoms with van der Waals surface area (Å²) in [4.78, 5) is 18.5. The summed E-state index contributed by atoms with van der Waals surface area (Å²) >= 11 is 0. The van der Waals surface area contributed by atoms with Crippen molar-refractivity contribution in [2.75, 3.05) is 19.7 Å². The third kappa shape index (κ3) is 4.24. The number of halogens is 1. The van der Waals surface area contributed by atoms with Gasteiger partial charge in [-0.2, -0.15) is 0 Å². The number of hydrogen-bond acceptors (Lipinski definition) is 4. The number of ether oxygens (including phenoxy) is 1. The molecule has 28 heavy (non-hydrogen) atoms. The Morgan fingerprint density at radius 1 is 1.29 bits per heavy atom. The van der Waals surface area contributed by atoms with Crippen LogP contribution in [0.3, 0.4) is 0 Å². The molecule has 0 bridgehead atoms. The van der Waals surface area contributed by atoms with Gasteiger partial charge >= 0.3 is 0 Å². The lowest BCUT2D eigenvalue weighted by atomic mass is 10.1. The predicted octanol–water partition coefficient (Wildman–Crippen LogP) is 3.59. The van der Waals surface area contributed by atoms with Crippen molar-refractivity contribution in [3.05, 3.63) is 72.5 Å². The van der Waals surface area contributed by atoms with Crippen LogP contribution in [0.15, 0.2) is 59.5 Å². The van der Waals surface area contributed by atoms with E-state index in [4.69, 9.17) is 9.15 Å². The molecule has 0 N–H and O–H groups in total. The van der Waals surface area contributed by atoms with Gasteiger partial charge in [0.05, 0.1) is 19.5 Å². The van der Waals surface area contributed by atoms with Gasteiger partial charge < -0.3 is 18.6 Å². The van der Waals surface area contributed by atoms with E-state index in [0.29, 0.717) is 37.9 Å². The Hall–Kier alpha value is -3.09. The molecule has 3 aromatic rings. The highest BCUT2D eigenvalue weighted by Gasteiger charge is 2.28. The SMILES string of the molecule is O=C(c1ccc(Cn2ccnc2)o1)N1CCC(CCOc2ccccc2F)C1. The van der Waals surface area contributed by atoms with Crippen molar-refractivity contribution in [1.29, 1.82) is 0 Å². The molecule has 3 heterocycles. The van der Waals surface area contributed by atoms with Crippen LogP contribution in [0.2, 0.25) is 0 Å². The van der Waals surface area contributed by atoms with E-state index in [9.17, 15) is 9.18 Å². The molecular formula is C21H22FN3O3. The maximum absolute atomic E-state index is 13.6. The normalized spacial score (nSPS) is 16.5. The van der Waals surface area contributed by atoms with E-state index in [1.165, 1.54) is 6.07 Å². The molecule has 0 radical (unpaired) electrons. The molecule has 146 valence electrons. The van der Waals surface area contributed by atoms with Gasteiger partial charge in [0, 0.05) is 25.5 Å². The largest absolute Gasteiger partial charge is 0.491 e. The minimum atomic E-state index is -0.352. The number of nitrogens with zero attached hydrogens (tertiary/aromatic N) is 3. The van der Waals surface area contributed by atoms with E-state index in [1.807, 2.05) is 21.7 Å². The second kappa shape index (κ2) is 8.29. The van der Waals surface area contributed by atoms with Gasteiger partial charge in [-0.1, -0.05) is 12.1 Å². The van der Waals surface area contributed by atoms with Gasteiger partial charge in [-0.3, -0.25) is 4.79 Å². The lowest BCUT2D eigenvalue weighted by Crippen LogP contribution is -2.28. The Morgan fingerprint density at radius 2 is 2.18 bits per heavy atom. The Morgan fingerprint density at radius 3 is 3.00 bits per heavy atom. The zero-order chi connectivity index (χ0) is 19.3. The van der Waals surface area contributed by atoms with Crippen molar-refractivity contribution in [2.45, 2.75) is 19.4 Å². The van der Waals surface area contributed by atoms with Crippen LogP contribution in [-0.4, -0.2) is 40.1 Å². The molecule has 7 heteroatoms. The van der Waals surface area contributed by atoms with Gasteiger partial charge in [-0.05, 0) is 43.0 Å². The number of amides is 1. The lowest BCUT2D eigenvalue weighted by Gasteiger charge is -2.15. The quantitative estimate of drug-likeness (QED) is 0.626. The molecular weight excluding hydrogens is 361 g/mol. The fraction of sp³-hybridized carbons (Fsp3) is 0.333. The molecule has 1 aromatic carbocycles. The summed E-state index contributed by atoms with van der Waals surface area (Å²) in [5.74, 6) is 1.25. The smallest absolute Gasteiger partial charge is 0.289 e. The first-order chi connectivity index (χ1) is 13.7. The molecule has 2 aromatic heterocycles. The predicted molar refractivity (Wildman–Crippen MR) is 101 cm³/mol. The third-order valence-corrected chi connectivity index (χ3v) is 4.96. The van der Waals surface area contributed by atoms with Crippen molar-refractivity contribution in [1.82, 2.24) is 14.5 Å². The van der Waals surface area contributed by atoms with Crippen molar-refractivity contribution < 1.29 is 18.3 Å². The minimum Gasteiger partial charge on any atom is -0.491 e. The first kappa shape index (κ1) is 18.3. The van der Waals surface area contributed by atoms with E-state index in [2.05, 4.69) is 4.98 Å². The van der Waals surface area contributed by atoms with E-state index in [0.717, 1.165) is 18.6 Å². The highest BCUT2D eigenvalue weighted by molar-refractivity contribution is 5.91. The summed E-state index contributed by atoms with van der Waals surface area (Å²) in [6, 6.07) is 9.94. The van der Waals surface area contributed by atoms with Gasteiger partial charge in [0.25, 0.3) is 5.91 Å². The average molecular weight is 383 g/mol. The zero-order valence-corrected chi connectivity index (χ0v) is 15.5. The number of benzene rings is 1. The minimum absolute atomic E-state index is 0.0885. The molecule has 1 aliphatic heterocycles. The van der Waals surface area contributed by atoms with E-state index < -0.39 is 0 Å². The van der Waals surface area contributed by atoms with Crippen molar-refractivity contribution in [3.63, 3.8) is 0 Å². The Kier molecular flexibility index (Phi) is 5.41. The number of carbonyl (C=O) groups is 1. The van der Waals surface area contributed by atoms with Crippen LogP contribution < -0.4 is 4.74 Å². The average Bonchev–Trinajstić information content (AvgIpc) is 3.45. The molecule has 4 rings (SSSR count). The van der Waals surface area contributed by atoms with E-state index >= 15 is 0 Å². The first-order valence-corrected chi connectivity index (χ1v) is 9.40. The fourth-order valence-electron chi connectivity index (χ4n) is 3.44. The van der Waals surface area contributed by atoms with Crippen LogP contribution in [0, 0.1) is 11.7 Å². The van der Waals surface area contributed by atoms with E-state index in [1.54, 1.807) is 36.8 Å². The van der Waals surface area contributed by atoms with Crippen molar-refractivity contribution in [2.24, 2.45) is 5.92 Å². The molecule has 6 nitrogen and oxygen atoms in total. The number of hydrogen-bond donors (Lipinski definition) is 0. The van der Waals surface area contributed by atoms with Crippen LogP contribution in [0.4, 0.5) is 4.39 Å². The van der Waals surface area contributed by atoms with Crippen LogP contribution >= 0.6 is 0 Å². The summed E-state index contributed by atoms with van der Waals surface area (Å²) in [6.07, 6.45) is 6.95. The van der Waals surface area contributed by atoms with Crippen molar-refractivity contribution in [3.8, 4) is 5.75 Å². The second-order valence-corrected chi connectivity index (χ2v) is 6.97. The summed E-state index contributed by atoms with van der Waals surface area (Å²) < 4.78 is 26.7. The number of rotatable bonds is 7. The number of likely N-dealkylation sites (tertiary alicyclic amines) is 1. The van der Waals surface area contributed by atoms with Gasteiger partial charge in [0.1, 0.15) is 5.76 Å².